The lowest BCUT2D eigenvalue weighted by Crippen LogP contribution is -2.36. The van der Waals surface area contributed by atoms with Gasteiger partial charge in [0.2, 0.25) is 0 Å². The van der Waals surface area contributed by atoms with Crippen LogP contribution in [0.2, 0.25) is 10.0 Å². The molecule has 0 spiro atoms. The number of aromatic hydroxyl groups is 1. The zero-order valence-corrected chi connectivity index (χ0v) is 17.2. The highest BCUT2D eigenvalue weighted by Gasteiger charge is 2.26. The van der Waals surface area contributed by atoms with E-state index in [-0.39, 0.29) is 23.1 Å². The Bertz CT molecular complexity index is 921. The number of carbonyl (C=O) groups excluding carboxylic acids is 1. The lowest BCUT2D eigenvalue weighted by atomic mass is 10.1. The molecule has 2 aromatic carbocycles. The molecule has 0 saturated carbocycles. The maximum absolute atomic E-state index is 12.1. The summed E-state index contributed by atoms with van der Waals surface area (Å²) in [6.45, 7) is 3.14. The van der Waals surface area contributed by atoms with Gasteiger partial charge in [0.05, 0.1) is 18.2 Å². The maximum Gasteiger partial charge on any atom is 0.341 e. The molecule has 1 heterocycles. The molecule has 0 aliphatic carbocycles. The van der Waals surface area contributed by atoms with E-state index in [0.29, 0.717) is 41.2 Å². The Balaban J connectivity index is 1.78. The number of benzene rings is 2. The van der Waals surface area contributed by atoms with E-state index in [0.717, 1.165) is 5.56 Å². The van der Waals surface area contributed by atoms with Crippen LogP contribution >= 0.6 is 35.4 Å². The minimum Gasteiger partial charge on any atom is -0.507 e. The van der Waals surface area contributed by atoms with Crippen LogP contribution in [0.4, 0.5) is 5.69 Å². The Morgan fingerprint density at radius 2 is 2.07 bits per heavy atom. The second kappa shape index (κ2) is 8.96. The van der Waals surface area contributed by atoms with E-state index in [1.54, 1.807) is 23.1 Å². The Kier molecular flexibility index (Phi) is 6.61. The molecule has 0 saturated heterocycles. The van der Waals surface area contributed by atoms with Crippen molar-refractivity contribution in [3.05, 3.63) is 51.5 Å². The summed E-state index contributed by atoms with van der Waals surface area (Å²) in [6.07, 6.45) is 0. The largest absolute Gasteiger partial charge is 0.507 e. The number of thiocarbonyl (C=S) groups is 1. The van der Waals surface area contributed by atoms with Crippen molar-refractivity contribution in [3.63, 3.8) is 0 Å². The van der Waals surface area contributed by atoms with Crippen LogP contribution in [-0.4, -0.2) is 36.1 Å². The normalized spacial score (nSPS) is 13.1. The molecule has 1 aliphatic heterocycles. The predicted molar refractivity (Wildman–Crippen MR) is 111 cm³/mol. The van der Waals surface area contributed by atoms with Gasteiger partial charge in [-0.25, -0.2) is 4.79 Å². The molecule has 28 heavy (non-hydrogen) atoms. The van der Waals surface area contributed by atoms with Crippen LogP contribution in [0.15, 0.2) is 30.3 Å². The number of fused-ring (bicyclic) bond motifs is 1. The third-order valence-corrected chi connectivity index (χ3v) is 4.80. The summed E-state index contributed by atoms with van der Waals surface area (Å²) >= 11 is 17.5. The van der Waals surface area contributed by atoms with Gasteiger partial charge in [0, 0.05) is 28.9 Å². The number of halogens is 2. The number of esters is 1. The summed E-state index contributed by atoms with van der Waals surface area (Å²) in [4.78, 5) is 13.7. The number of nitrogens with zero attached hydrogens (tertiary/aromatic N) is 1. The minimum absolute atomic E-state index is 0.0515. The van der Waals surface area contributed by atoms with Gasteiger partial charge in [-0.3, -0.25) is 4.90 Å². The molecule has 0 radical (unpaired) electrons. The van der Waals surface area contributed by atoms with Gasteiger partial charge in [-0.2, -0.15) is 0 Å². The summed E-state index contributed by atoms with van der Waals surface area (Å²) in [5.41, 5.74) is 1.36. The van der Waals surface area contributed by atoms with Gasteiger partial charge in [0.25, 0.3) is 5.17 Å². The van der Waals surface area contributed by atoms with Crippen LogP contribution in [0.3, 0.4) is 0 Å². The highest BCUT2D eigenvalue weighted by atomic mass is 35.5. The number of hydrogen-bond donors (Lipinski definition) is 1. The van der Waals surface area contributed by atoms with Gasteiger partial charge in [-0.1, -0.05) is 23.2 Å². The molecular weight excluding hydrogens is 425 g/mol. The van der Waals surface area contributed by atoms with Gasteiger partial charge in [-0.15, -0.1) is 0 Å². The second-order valence-electron chi connectivity index (χ2n) is 5.86. The van der Waals surface area contributed by atoms with Crippen molar-refractivity contribution >= 4 is 52.3 Å². The van der Waals surface area contributed by atoms with Crippen LogP contribution in [0.1, 0.15) is 22.8 Å². The van der Waals surface area contributed by atoms with Crippen molar-refractivity contribution in [2.45, 2.75) is 13.5 Å². The first kappa shape index (κ1) is 20.7. The summed E-state index contributed by atoms with van der Waals surface area (Å²) in [5.74, 6) is -0.396. The molecule has 9 heteroatoms. The molecule has 0 bridgehead atoms. The van der Waals surface area contributed by atoms with Crippen LogP contribution in [-0.2, 0) is 16.0 Å². The summed E-state index contributed by atoms with van der Waals surface area (Å²) in [5, 5.41) is 11.3. The molecule has 2 aromatic rings. The summed E-state index contributed by atoms with van der Waals surface area (Å²) in [7, 11) is 0. The fraction of sp³-hybridized carbons (Fsp3) is 0.263. The van der Waals surface area contributed by atoms with E-state index in [9.17, 15) is 9.90 Å². The van der Waals surface area contributed by atoms with Crippen molar-refractivity contribution < 1.29 is 24.1 Å². The number of anilines is 1. The third kappa shape index (κ3) is 4.50. The topological polar surface area (TPSA) is 68.2 Å². The summed E-state index contributed by atoms with van der Waals surface area (Å²) < 4.78 is 15.8. The molecule has 1 N–H and O–H groups in total. The standard InChI is InChI=1S/C19H17Cl2NO5S/c1-2-25-5-6-26-18(24)14-4-3-13(9-16(14)23)22-10-11-7-12(20)8-15(21)17(11)27-19(22)28/h3-4,7-9,23H,2,5-6,10H2,1H3. The van der Waals surface area contributed by atoms with Crippen molar-refractivity contribution in [1.29, 1.82) is 0 Å². The lowest BCUT2D eigenvalue weighted by Gasteiger charge is -2.31. The first-order valence-corrected chi connectivity index (χ1v) is 9.62. The van der Waals surface area contributed by atoms with Gasteiger partial charge < -0.3 is 19.3 Å². The van der Waals surface area contributed by atoms with E-state index in [2.05, 4.69) is 0 Å². The average Bonchev–Trinajstić information content (AvgIpc) is 2.65. The van der Waals surface area contributed by atoms with E-state index in [1.807, 2.05) is 6.92 Å². The van der Waals surface area contributed by atoms with Crippen LogP contribution < -0.4 is 9.64 Å². The van der Waals surface area contributed by atoms with Crippen LogP contribution in [0, 0.1) is 0 Å². The zero-order valence-electron chi connectivity index (χ0n) is 14.9. The second-order valence-corrected chi connectivity index (χ2v) is 7.06. The zero-order chi connectivity index (χ0) is 20.3. The fourth-order valence-electron chi connectivity index (χ4n) is 2.70. The molecule has 6 nitrogen and oxygen atoms in total. The maximum atomic E-state index is 12.1. The Labute approximate surface area is 177 Å². The number of hydrogen-bond acceptors (Lipinski definition) is 6. The molecule has 1 aliphatic rings. The minimum atomic E-state index is -0.634. The first-order chi connectivity index (χ1) is 13.4. The summed E-state index contributed by atoms with van der Waals surface area (Å²) in [6, 6.07) is 7.86. The number of phenols is 1. The van der Waals surface area contributed by atoms with Crippen LogP contribution in [0.5, 0.6) is 11.5 Å². The molecular formula is C19H17Cl2NO5S. The van der Waals surface area contributed by atoms with Crippen molar-refractivity contribution in [1.82, 2.24) is 0 Å². The van der Waals surface area contributed by atoms with E-state index in [4.69, 9.17) is 49.6 Å². The third-order valence-electron chi connectivity index (χ3n) is 4.00. The first-order valence-electron chi connectivity index (χ1n) is 8.46. The van der Waals surface area contributed by atoms with Gasteiger partial charge in [-0.05, 0) is 43.4 Å². The molecule has 0 aromatic heterocycles. The van der Waals surface area contributed by atoms with E-state index >= 15 is 0 Å². The fourth-order valence-corrected chi connectivity index (χ4v) is 3.52. The number of carbonyl (C=O) groups is 1. The Morgan fingerprint density at radius 1 is 1.29 bits per heavy atom. The molecule has 0 atom stereocenters. The van der Waals surface area contributed by atoms with Crippen LogP contribution in [0.25, 0.3) is 0 Å². The number of phenolic OH excluding ortho intramolecular Hbond substituents is 1. The predicted octanol–water partition coefficient (Wildman–Crippen LogP) is 4.58. The van der Waals surface area contributed by atoms with E-state index in [1.165, 1.54) is 12.1 Å². The Hall–Kier alpha value is -2.06. The molecule has 0 amide bonds. The highest BCUT2D eigenvalue weighted by molar-refractivity contribution is 7.80. The molecule has 148 valence electrons. The SMILES string of the molecule is CCOCCOC(=O)c1ccc(N2Cc3cc(Cl)cc(Cl)c3OC2=S)cc1O. The van der Waals surface area contributed by atoms with Crippen molar-refractivity contribution in [2.75, 3.05) is 24.7 Å². The Morgan fingerprint density at radius 3 is 2.79 bits per heavy atom. The average molecular weight is 442 g/mol. The molecule has 3 rings (SSSR count). The quantitative estimate of drug-likeness (QED) is 0.399. The van der Waals surface area contributed by atoms with Crippen molar-refractivity contribution in [3.8, 4) is 11.5 Å². The van der Waals surface area contributed by atoms with Gasteiger partial charge in [0.15, 0.2) is 5.75 Å². The smallest absolute Gasteiger partial charge is 0.341 e. The van der Waals surface area contributed by atoms with Gasteiger partial charge in [0.1, 0.15) is 17.9 Å². The number of rotatable bonds is 6. The van der Waals surface area contributed by atoms with E-state index < -0.39 is 5.97 Å². The molecule has 0 fully saturated rings. The number of ether oxygens (including phenoxy) is 3. The molecule has 0 unspecified atom stereocenters. The lowest BCUT2D eigenvalue weighted by molar-refractivity contribution is 0.0332. The van der Waals surface area contributed by atoms with Crippen molar-refractivity contribution in [2.24, 2.45) is 0 Å². The monoisotopic (exact) mass is 441 g/mol. The highest BCUT2D eigenvalue weighted by Crippen LogP contribution is 2.38. The van der Waals surface area contributed by atoms with Gasteiger partial charge >= 0.3 is 5.97 Å².